The summed E-state index contributed by atoms with van der Waals surface area (Å²) in [5, 5.41) is 20.5. The highest BCUT2D eigenvalue weighted by Crippen LogP contribution is 2.26. The van der Waals surface area contributed by atoms with Crippen molar-refractivity contribution >= 4 is 27.8 Å². The molecule has 2 atom stereocenters. The Labute approximate surface area is 109 Å². The van der Waals surface area contributed by atoms with Crippen LogP contribution in [0.5, 0.6) is 0 Å². The van der Waals surface area contributed by atoms with E-state index in [1.54, 1.807) is 12.1 Å². The van der Waals surface area contributed by atoms with Gasteiger partial charge in [-0.15, -0.1) is 0 Å². The predicted octanol–water partition coefficient (Wildman–Crippen LogP) is 2.11. The lowest BCUT2D eigenvalue weighted by molar-refractivity contribution is -0.109. The average Bonchev–Trinajstić information content (AvgIpc) is 2.78. The van der Waals surface area contributed by atoms with Crippen molar-refractivity contribution in [2.75, 3.05) is 5.75 Å². The van der Waals surface area contributed by atoms with Gasteiger partial charge < -0.3 is 14.6 Å². The van der Waals surface area contributed by atoms with E-state index in [0.717, 1.165) is 17.1 Å². The van der Waals surface area contributed by atoms with Gasteiger partial charge in [-0.1, -0.05) is 30.0 Å². The maximum atomic E-state index is 10.8. The number of fused-ring (bicyclic) bond motifs is 1. The number of rotatable bonds is 4. The van der Waals surface area contributed by atoms with Crippen LogP contribution in [0.1, 0.15) is 18.8 Å². The predicted molar refractivity (Wildman–Crippen MR) is 70.3 cm³/mol. The Morgan fingerprint density at radius 2 is 2.11 bits per heavy atom. The number of hydrogen-bond acceptors (Lipinski definition) is 5. The quantitative estimate of drug-likeness (QED) is 0.887. The van der Waals surface area contributed by atoms with Gasteiger partial charge in [0.25, 0.3) is 0 Å². The molecule has 2 unspecified atom stereocenters. The van der Waals surface area contributed by atoms with Gasteiger partial charge >= 0.3 is 0 Å². The summed E-state index contributed by atoms with van der Waals surface area (Å²) in [6, 6.07) is 9.07. The minimum absolute atomic E-state index is 0.0918. The van der Waals surface area contributed by atoms with E-state index in [1.807, 2.05) is 18.2 Å². The summed E-state index contributed by atoms with van der Waals surface area (Å²) in [5.41, 5.74) is 0.665. The van der Waals surface area contributed by atoms with E-state index in [-0.39, 0.29) is 10.9 Å². The van der Waals surface area contributed by atoms with Crippen molar-refractivity contribution in [3.8, 4) is 0 Å². The summed E-state index contributed by atoms with van der Waals surface area (Å²) in [4.78, 5) is 10.8. The van der Waals surface area contributed by atoms with Gasteiger partial charge in [0.05, 0.1) is 6.10 Å². The molecule has 18 heavy (non-hydrogen) atoms. The number of hydrogen-bond donors (Lipinski definition) is 2. The Bertz CT molecular complexity index is 516. The third-order valence-corrected chi connectivity index (χ3v) is 3.47. The van der Waals surface area contributed by atoms with Crippen LogP contribution in [0, 0.1) is 0 Å². The van der Waals surface area contributed by atoms with E-state index in [1.165, 1.54) is 6.92 Å². The molecule has 0 fully saturated rings. The SMILES string of the molecule is CC(=O)SCC(O)C(O)c1cc2ccccc2o1. The smallest absolute Gasteiger partial charge is 0.185 e. The fourth-order valence-corrected chi connectivity index (χ4v) is 2.22. The zero-order chi connectivity index (χ0) is 13.1. The first-order chi connectivity index (χ1) is 8.58. The van der Waals surface area contributed by atoms with Crippen LogP contribution in [-0.2, 0) is 4.79 Å². The van der Waals surface area contributed by atoms with E-state index in [0.29, 0.717) is 11.3 Å². The molecule has 2 rings (SSSR count). The van der Waals surface area contributed by atoms with Gasteiger partial charge in [-0.25, -0.2) is 0 Å². The molecule has 0 aliphatic carbocycles. The minimum atomic E-state index is -1.12. The Morgan fingerprint density at radius 1 is 1.39 bits per heavy atom. The van der Waals surface area contributed by atoms with Crippen LogP contribution < -0.4 is 0 Å². The highest BCUT2D eigenvalue weighted by Gasteiger charge is 2.22. The topological polar surface area (TPSA) is 70.7 Å². The normalized spacial score (nSPS) is 14.6. The molecule has 2 N–H and O–H groups in total. The summed E-state index contributed by atoms with van der Waals surface area (Å²) >= 11 is 0.979. The van der Waals surface area contributed by atoms with Crippen LogP contribution in [0.2, 0.25) is 0 Å². The zero-order valence-electron chi connectivity index (χ0n) is 9.87. The Kier molecular flexibility index (Phi) is 4.06. The molecule has 0 saturated heterocycles. The molecule has 0 aliphatic heterocycles. The van der Waals surface area contributed by atoms with Gasteiger partial charge in [-0.2, -0.15) is 0 Å². The van der Waals surface area contributed by atoms with Crippen molar-refractivity contribution in [3.05, 3.63) is 36.1 Å². The summed E-state index contributed by atoms with van der Waals surface area (Å²) in [6.45, 7) is 1.42. The fraction of sp³-hybridized carbons (Fsp3) is 0.308. The number of furan rings is 1. The maximum absolute atomic E-state index is 10.8. The summed E-state index contributed by atoms with van der Waals surface area (Å²) < 4.78 is 5.45. The average molecular weight is 266 g/mol. The van der Waals surface area contributed by atoms with Crippen molar-refractivity contribution in [3.63, 3.8) is 0 Å². The lowest BCUT2D eigenvalue weighted by Gasteiger charge is -2.14. The molecule has 0 aliphatic rings. The lowest BCUT2D eigenvalue weighted by atomic mass is 10.1. The molecule has 0 radical (unpaired) electrons. The summed E-state index contributed by atoms with van der Waals surface area (Å²) in [5.74, 6) is 0.459. The van der Waals surface area contributed by atoms with Crippen LogP contribution >= 0.6 is 11.8 Å². The van der Waals surface area contributed by atoms with E-state index in [2.05, 4.69) is 0 Å². The first-order valence-electron chi connectivity index (χ1n) is 5.56. The molecule has 0 spiro atoms. The number of carbonyl (C=O) groups excluding carboxylic acids is 1. The number of para-hydroxylation sites is 1. The monoisotopic (exact) mass is 266 g/mol. The Balaban J connectivity index is 2.12. The molecule has 0 saturated carbocycles. The second-order valence-electron chi connectivity index (χ2n) is 4.00. The van der Waals surface area contributed by atoms with E-state index < -0.39 is 12.2 Å². The maximum Gasteiger partial charge on any atom is 0.185 e. The van der Waals surface area contributed by atoms with Crippen LogP contribution in [0.15, 0.2) is 34.7 Å². The number of benzene rings is 1. The molecule has 96 valence electrons. The molecule has 1 heterocycles. The first kappa shape index (κ1) is 13.1. The second kappa shape index (κ2) is 5.56. The van der Waals surface area contributed by atoms with Crippen molar-refractivity contribution in [1.82, 2.24) is 0 Å². The van der Waals surface area contributed by atoms with Crippen molar-refractivity contribution in [2.45, 2.75) is 19.1 Å². The van der Waals surface area contributed by atoms with Crippen LogP contribution in [0.3, 0.4) is 0 Å². The number of aliphatic hydroxyl groups excluding tert-OH is 2. The molecule has 2 aromatic rings. The zero-order valence-corrected chi connectivity index (χ0v) is 10.7. The van der Waals surface area contributed by atoms with Gasteiger partial charge in [0.1, 0.15) is 17.4 Å². The third-order valence-electron chi connectivity index (χ3n) is 2.56. The number of aliphatic hydroxyl groups is 2. The Morgan fingerprint density at radius 3 is 2.78 bits per heavy atom. The highest BCUT2D eigenvalue weighted by molar-refractivity contribution is 8.13. The first-order valence-corrected chi connectivity index (χ1v) is 6.54. The minimum Gasteiger partial charge on any atom is -0.458 e. The molecule has 0 bridgehead atoms. The number of carbonyl (C=O) groups is 1. The van der Waals surface area contributed by atoms with Gasteiger partial charge in [0, 0.05) is 18.1 Å². The van der Waals surface area contributed by atoms with Crippen LogP contribution in [0.25, 0.3) is 11.0 Å². The standard InChI is InChI=1S/C13H14O4S/c1-8(14)18-7-10(15)13(16)12-6-9-4-2-3-5-11(9)17-12/h2-6,10,13,15-16H,7H2,1H3. The van der Waals surface area contributed by atoms with Gasteiger partial charge in [-0.3, -0.25) is 4.79 Å². The third kappa shape index (κ3) is 2.93. The van der Waals surface area contributed by atoms with E-state index >= 15 is 0 Å². The van der Waals surface area contributed by atoms with Gasteiger partial charge in [0.2, 0.25) is 0 Å². The molecule has 1 aromatic heterocycles. The van der Waals surface area contributed by atoms with Crippen molar-refractivity contribution in [2.24, 2.45) is 0 Å². The van der Waals surface area contributed by atoms with E-state index in [9.17, 15) is 15.0 Å². The largest absolute Gasteiger partial charge is 0.458 e. The molecule has 4 nitrogen and oxygen atoms in total. The lowest BCUT2D eigenvalue weighted by Crippen LogP contribution is -2.20. The van der Waals surface area contributed by atoms with Crippen LogP contribution in [0.4, 0.5) is 0 Å². The van der Waals surface area contributed by atoms with Gasteiger partial charge in [0.15, 0.2) is 5.12 Å². The molecule has 0 amide bonds. The molecular formula is C13H14O4S. The van der Waals surface area contributed by atoms with E-state index in [4.69, 9.17) is 4.42 Å². The van der Waals surface area contributed by atoms with Crippen molar-refractivity contribution < 1.29 is 19.4 Å². The molecule has 5 heteroatoms. The highest BCUT2D eigenvalue weighted by atomic mass is 32.2. The summed E-state index contributed by atoms with van der Waals surface area (Å²) in [6.07, 6.45) is -2.15. The van der Waals surface area contributed by atoms with Crippen molar-refractivity contribution in [1.29, 1.82) is 0 Å². The fourth-order valence-electron chi connectivity index (χ4n) is 1.63. The number of thioether (sulfide) groups is 1. The van der Waals surface area contributed by atoms with Gasteiger partial charge in [-0.05, 0) is 12.1 Å². The second-order valence-corrected chi connectivity index (χ2v) is 5.20. The molecule has 1 aromatic carbocycles. The van der Waals surface area contributed by atoms with Crippen LogP contribution in [-0.4, -0.2) is 27.2 Å². The summed E-state index contributed by atoms with van der Waals surface area (Å²) in [7, 11) is 0. The Hall–Kier alpha value is -1.30. The molecular weight excluding hydrogens is 252 g/mol.